The summed E-state index contributed by atoms with van der Waals surface area (Å²) in [5.41, 5.74) is 1.76. The summed E-state index contributed by atoms with van der Waals surface area (Å²) in [6, 6.07) is 4.16. The number of rotatable bonds is 5. The van der Waals surface area contributed by atoms with E-state index in [4.69, 9.17) is 0 Å². The van der Waals surface area contributed by atoms with Crippen LogP contribution in [-0.2, 0) is 6.18 Å². The van der Waals surface area contributed by atoms with Gasteiger partial charge in [-0.2, -0.15) is 17.7 Å². The van der Waals surface area contributed by atoms with Crippen LogP contribution in [0.4, 0.5) is 23.4 Å². The normalized spacial score (nSPS) is 11.7. The fourth-order valence-electron chi connectivity index (χ4n) is 2.67. The number of hydrogen-bond acceptors (Lipinski definition) is 5. The monoisotopic (exact) mass is 410 g/mol. The summed E-state index contributed by atoms with van der Waals surface area (Å²) in [6.07, 6.45) is -4.69. The number of benzene rings is 1. The Morgan fingerprint density at radius 1 is 1.10 bits per heavy atom. The maximum atomic E-state index is 13.6. The first-order chi connectivity index (χ1) is 13.6. The Kier molecular flexibility index (Phi) is 5.40. The molecule has 0 bridgehead atoms. The molecule has 7 nitrogen and oxygen atoms in total. The van der Waals surface area contributed by atoms with Gasteiger partial charge in [-0.25, -0.2) is 4.39 Å². The maximum Gasteiger partial charge on any atom is 0.453 e. The largest absolute Gasteiger partial charge is 0.453 e. The minimum Gasteiger partial charge on any atom is -0.367 e. The van der Waals surface area contributed by atoms with Crippen molar-refractivity contribution in [2.45, 2.75) is 26.9 Å². The minimum absolute atomic E-state index is 0.0232. The number of carbonyl (C=O) groups excluding carboxylic acids is 1. The lowest BCUT2D eigenvalue weighted by Gasteiger charge is -2.13. The van der Waals surface area contributed by atoms with Crippen molar-refractivity contribution >= 4 is 17.4 Å². The third kappa shape index (κ3) is 4.13. The van der Waals surface area contributed by atoms with Gasteiger partial charge in [-0.05, 0) is 44.0 Å². The number of halogens is 4. The molecular formula is C18H18F4N6O. The summed E-state index contributed by atoms with van der Waals surface area (Å²) >= 11 is 0. The Labute approximate surface area is 163 Å². The fraction of sp³-hybridized carbons (Fsp3) is 0.333. The highest BCUT2D eigenvalue weighted by molar-refractivity contribution is 5.94. The predicted octanol–water partition coefficient (Wildman–Crippen LogP) is 3.05. The highest BCUT2D eigenvalue weighted by atomic mass is 19.4. The van der Waals surface area contributed by atoms with Crippen molar-refractivity contribution in [2.24, 2.45) is 0 Å². The smallest absolute Gasteiger partial charge is 0.367 e. The lowest BCUT2D eigenvalue weighted by Crippen LogP contribution is -2.29. The molecule has 1 amide bonds. The quantitative estimate of drug-likeness (QED) is 0.499. The molecule has 0 aliphatic carbocycles. The second-order valence-electron chi connectivity index (χ2n) is 6.50. The number of amides is 1. The van der Waals surface area contributed by atoms with Crippen molar-refractivity contribution in [3.05, 3.63) is 52.1 Å². The van der Waals surface area contributed by atoms with Crippen molar-refractivity contribution in [1.82, 2.24) is 25.1 Å². The summed E-state index contributed by atoms with van der Waals surface area (Å²) < 4.78 is 53.4. The van der Waals surface area contributed by atoms with E-state index in [1.54, 1.807) is 20.8 Å². The number of alkyl halides is 3. The van der Waals surface area contributed by atoms with Gasteiger partial charge in [-0.15, -0.1) is 15.3 Å². The molecule has 154 valence electrons. The second-order valence-corrected chi connectivity index (χ2v) is 6.50. The SMILES string of the molecule is Cc1ccc(C(=O)NCCNc2nn3c(C(F)(F)F)nnc3c(C)c2C)cc1F. The van der Waals surface area contributed by atoms with Crippen molar-refractivity contribution in [3.8, 4) is 0 Å². The van der Waals surface area contributed by atoms with Crippen LogP contribution in [0.25, 0.3) is 5.65 Å². The van der Waals surface area contributed by atoms with Crippen molar-refractivity contribution in [1.29, 1.82) is 0 Å². The van der Waals surface area contributed by atoms with Crippen LogP contribution in [-0.4, -0.2) is 38.8 Å². The number of hydrogen-bond donors (Lipinski definition) is 2. The standard InChI is InChI=1S/C18H18F4N6O/c1-9-4-5-12(8-13(9)19)16(29)24-7-6-23-14-10(2)11(3)15-25-26-17(18(20,21)22)28(15)27-14/h4-5,8H,6-7H2,1-3H3,(H,23,27)(H,24,29). The summed E-state index contributed by atoms with van der Waals surface area (Å²) in [5, 5.41) is 16.2. The molecule has 3 aromatic rings. The van der Waals surface area contributed by atoms with Crippen LogP contribution in [0.3, 0.4) is 0 Å². The topological polar surface area (TPSA) is 84.2 Å². The van der Waals surface area contributed by atoms with Crippen LogP contribution in [0.15, 0.2) is 18.2 Å². The third-order valence-corrected chi connectivity index (χ3v) is 4.48. The van der Waals surface area contributed by atoms with E-state index in [0.717, 1.165) is 6.07 Å². The van der Waals surface area contributed by atoms with Gasteiger partial charge in [0.25, 0.3) is 11.7 Å². The Balaban J connectivity index is 1.69. The maximum absolute atomic E-state index is 13.6. The van der Waals surface area contributed by atoms with Crippen molar-refractivity contribution in [2.75, 3.05) is 18.4 Å². The number of nitrogens with zero attached hydrogens (tertiary/aromatic N) is 4. The first-order valence-corrected chi connectivity index (χ1v) is 8.67. The van der Waals surface area contributed by atoms with Crippen molar-refractivity contribution < 1.29 is 22.4 Å². The van der Waals surface area contributed by atoms with E-state index in [2.05, 4.69) is 25.9 Å². The van der Waals surface area contributed by atoms with E-state index in [1.807, 2.05) is 0 Å². The molecule has 0 unspecified atom stereocenters. The lowest BCUT2D eigenvalue weighted by atomic mass is 10.1. The Hall–Kier alpha value is -3.24. The first-order valence-electron chi connectivity index (χ1n) is 8.67. The van der Waals surface area contributed by atoms with Crippen LogP contribution in [0.5, 0.6) is 0 Å². The molecule has 0 saturated carbocycles. The van der Waals surface area contributed by atoms with Crippen LogP contribution in [0.2, 0.25) is 0 Å². The van der Waals surface area contributed by atoms with Crippen LogP contribution < -0.4 is 10.6 Å². The van der Waals surface area contributed by atoms with Crippen LogP contribution in [0.1, 0.15) is 32.9 Å². The summed E-state index contributed by atoms with van der Waals surface area (Å²) in [5.74, 6) is -1.93. The molecule has 0 fully saturated rings. The van der Waals surface area contributed by atoms with Crippen LogP contribution >= 0.6 is 0 Å². The molecule has 0 spiro atoms. The average Bonchev–Trinajstić information content (AvgIpc) is 3.09. The zero-order chi connectivity index (χ0) is 21.3. The van der Waals surface area contributed by atoms with E-state index in [0.29, 0.717) is 21.2 Å². The number of aromatic nitrogens is 4. The molecule has 0 atom stereocenters. The number of fused-ring (bicyclic) bond motifs is 1. The third-order valence-electron chi connectivity index (χ3n) is 4.48. The number of carbonyl (C=O) groups is 1. The lowest BCUT2D eigenvalue weighted by molar-refractivity contribution is -0.146. The second kappa shape index (κ2) is 7.64. The van der Waals surface area contributed by atoms with Gasteiger partial charge in [0.1, 0.15) is 11.6 Å². The van der Waals surface area contributed by atoms with E-state index in [9.17, 15) is 22.4 Å². The number of nitrogens with one attached hydrogen (secondary N) is 2. The van der Waals surface area contributed by atoms with Crippen molar-refractivity contribution in [3.63, 3.8) is 0 Å². The molecule has 2 N–H and O–H groups in total. The van der Waals surface area contributed by atoms with Gasteiger partial charge in [0.15, 0.2) is 5.65 Å². The summed E-state index contributed by atoms with van der Waals surface area (Å²) in [4.78, 5) is 12.1. The Bertz CT molecular complexity index is 1080. The van der Waals surface area contributed by atoms with E-state index in [-0.39, 0.29) is 30.1 Å². The highest BCUT2D eigenvalue weighted by Crippen LogP contribution is 2.29. The molecule has 0 aliphatic rings. The van der Waals surface area contributed by atoms with E-state index < -0.39 is 23.7 Å². The summed E-state index contributed by atoms with van der Waals surface area (Å²) in [6.45, 7) is 5.26. The van der Waals surface area contributed by atoms with Gasteiger partial charge in [-0.1, -0.05) is 6.07 Å². The molecular weight excluding hydrogens is 392 g/mol. The van der Waals surface area contributed by atoms with Gasteiger partial charge in [0.2, 0.25) is 0 Å². The molecule has 0 radical (unpaired) electrons. The zero-order valence-corrected chi connectivity index (χ0v) is 15.9. The van der Waals surface area contributed by atoms with Gasteiger partial charge in [0.05, 0.1) is 0 Å². The molecule has 29 heavy (non-hydrogen) atoms. The first kappa shape index (κ1) is 20.5. The molecule has 1 aromatic carbocycles. The minimum atomic E-state index is -4.69. The van der Waals surface area contributed by atoms with E-state index >= 15 is 0 Å². The van der Waals surface area contributed by atoms with Gasteiger partial charge < -0.3 is 10.6 Å². The molecule has 11 heteroatoms. The average molecular weight is 410 g/mol. The zero-order valence-electron chi connectivity index (χ0n) is 15.9. The van der Waals surface area contributed by atoms with Gasteiger partial charge in [-0.3, -0.25) is 4.79 Å². The molecule has 2 aromatic heterocycles. The number of anilines is 1. The Morgan fingerprint density at radius 2 is 1.83 bits per heavy atom. The Morgan fingerprint density at radius 3 is 2.48 bits per heavy atom. The number of aryl methyl sites for hydroxylation is 2. The predicted molar refractivity (Wildman–Crippen MR) is 97.2 cm³/mol. The van der Waals surface area contributed by atoms with Gasteiger partial charge in [0, 0.05) is 24.2 Å². The van der Waals surface area contributed by atoms with Gasteiger partial charge >= 0.3 is 6.18 Å². The molecule has 3 rings (SSSR count). The van der Waals surface area contributed by atoms with Crippen LogP contribution in [0, 0.1) is 26.6 Å². The molecule has 2 heterocycles. The molecule has 0 saturated heterocycles. The van der Waals surface area contributed by atoms with E-state index in [1.165, 1.54) is 12.1 Å². The fourth-order valence-corrected chi connectivity index (χ4v) is 2.67. The summed E-state index contributed by atoms with van der Waals surface area (Å²) in [7, 11) is 0. The molecule has 0 aliphatic heterocycles. The highest BCUT2D eigenvalue weighted by Gasteiger charge is 2.38.